The standard InChI is InChI=1S/C35H48F3N5O6Si.C30H35F3N4O5.C23H31F3N4O2Si.C11H18N2O5.CH3F/c1-24(35(36,37)38)20-25-12-10-15-28-32(25)40-30(43(28)23-49-18-19-50(5,6)7)22-42-17-11-13-26(33(42)46)21-29(44)27(39-34(47)48-4)14-8-9-16-31(45)41(2)3;1-19(30(31,32)33)15-20-9-7-10-21-16-23(34-27(20)21)18-37-14-8-11-22(28(37)40)17-25(38)24(35-29(41)42-4)12-5-6-13-26(39)36(2)3;1-16(23(24,25)26)13-17-7-5-9-19-21(17)28-20(14-29-10-6-8-18(27)22(29)31)30(19)15-32-11-12-33(2,3)4;1-13(2)9(14)7-5-4-6-8(10(15)16)12-11(17)18-3;1-2/h9-13,15-17,24,27H,8,14,18-23H2,1-7H3,(H,39,47);6-11,13-14,19,24H,5,12,15-18H2,1-4H3,(H,35,41);5-10,16H,11-15,27H2,1-4H3;5,7-8H,4,6H2,1-3H3,(H,12,17)(H,15,16);1H3/b16-9+;13-6+;;7-5+;/t24?,27-;19?,24-;;8-;/m00.0./s1/i;;;;1D. The van der Waals surface area contributed by atoms with E-state index in [2.05, 4.69) is 79.4 Å². The summed E-state index contributed by atoms with van der Waals surface area (Å²) in [5.74, 6) is -6.26. The van der Waals surface area contributed by atoms with Crippen LogP contribution < -0.4 is 38.4 Å². The summed E-state index contributed by atoms with van der Waals surface area (Å²) in [5, 5.41) is 16.0. The van der Waals surface area contributed by atoms with E-state index in [0.717, 1.165) is 38.6 Å². The number of ether oxygens (including phenoxy) is 5. The Labute approximate surface area is 839 Å². The van der Waals surface area contributed by atoms with Crippen LogP contribution in [-0.2, 0) is 124 Å². The van der Waals surface area contributed by atoms with Gasteiger partial charge in [0.1, 0.15) is 31.2 Å². The average molecular weight is 2080 g/mol. The molecule has 0 aliphatic carbocycles. The Balaban J connectivity index is 0.000000355. The molecule has 33 nitrogen and oxygen atoms in total. The normalized spacial score (nSPS) is 13.4. The number of nitrogens with two attached hydrogens (primary N) is 1. The number of rotatable bonds is 44. The van der Waals surface area contributed by atoms with Gasteiger partial charge in [-0.15, -0.1) is 0 Å². The Morgan fingerprint density at radius 3 is 1.18 bits per heavy atom. The molecule has 6 atom stereocenters. The largest absolute Gasteiger partial charge is 0.480 e. The van der Waals surface area contributed by atoms with E-state index in [0.29, 0.717) is 101 Å². The lowest BCUT2D eigenvalue weighted by Crippen LogP contribution is -2.42. The number of benzene rings is 3. The number of carbonyl (C=O) groups is 9. The number of carboxylic acid groups (broad SMARTS) is 1. The number of hydrogen-bond donors (Lipinski definition) is 5. The molecular weight excluding hydrogens is 1950 g/mol. The molecule has 796 valence electrons. The second kappa shape index (κ2) is 57.5. The van der Waals surface area contributed by atoms with Gasteiger partial charge in [-0.05, 0) is 147 Å². The molecule has 1 aliphatic heterocycles. The summed E-state index contributed by atoms with van der Waals surface area (Å²) in [5.41, 5.74) is 10.6. The van der Waals surface area contributed by atoms with Crippen LogP contribution in [0.2, 0.25) is 51.4 Å². The fraction of sp³-hybridized carbons (Fsp3) is 0.490. The molecule has 1 aliphatic rings. The molecule has 6 N–H and O–H groups in total. The molecule has 8 aromatic rings. The molecule has 0 bridgehead atoms. The van der Waals surface area contributed by atoms with Crippen LogP contribution in [0.15, 0.2) is 165 Å². The van der Waals surface area contributed by atoms with Gasteiger partial charge < -0.3 is 88.0 Å². The van der Waals surface area contributed by atoms with E-state index >= 15 is 0 Å². The van der Waals surface area contributed by atoms with Crippen LogP contribution in [0, 0.1) is 17.8 Å². The van der Waals surface area contributed by atoms with Crippen molar-refractivity contribution in [1.29, 1.82) is 0 Å². The molecule has 145 heavy (non-hydrogen) atoms. The Kier molecular flexibility index (Phi) is 47.8. The predicted octanol–water partition coefficient (Wildman–Crippen LogP) is 15.4. The lowest BCUT2D eigenvalue weighted by Gasteiger charge is -2.17. The van der Waals surface area contributed by atoms with Crippen molar-refractivity contribution in [3.05, 3.63) is 222 Å². The molecule has 0 spiro atoms. The van der Waals surface area contributed by atoms with Gasteiger partial charge in [-0.3, -0.25) is 47.7 Å². The number of methoxy groups -OCH3 is 3. The minimum absolute atomic E-state index is 0.0320. The third-order valence-electron chi connectivity index (χ3n) is 22.9. The molecule has 6 amide bonds. The maximum atomic E-state index is 13.7. The number of likely N-dealkylation sites (N-methyl/N-ethyl adjacent to an activating group) is 3. The first kappa shape index (κ1) is 121. The first-order chi connectivity index (χ1) is 68.4. The summed E-state index contributed by atoms with van der Waals surface area (Å²) in [6.45, 7) is 18.5. The van der Waals surface area contributed by atoms with E-state index < -0.39 is 125 Å². The number of halogens is 10. The molecular formula is C100H135F10N15O18Si2. The molecule has 6 heterocycles. The minimum Gasteiger partial charge on any atom is -0.480 e. The number of hydrogen-bond acceptors (Lipinski definition) is 21. The van der Waals surface area contributed by atoms with Crippen molar-refractivity contribution in [3.8, 4) is 0 Å². The highest BCUT2D eigenvalue weighted by atomic mass is 28.3. The van der Waals surface area contributed by atoms with Gasteiger partial charge in [0.2, 0.25) is 17.7 Å². The van der Waals surface area contributed by atoms with Gasteiger partial charge in [0, 0.05) is 126 Å². The zero-order valence-electron chi connectivity index (χ0n) is 86.0. The van der Waals surface area contributed by atoms with Crippen molar-refractivity contribution < 1.29 is 117 Å². The van der Waals surface area contributed by atoms with Crippen molar-refractivity contribution in [3.63, 3.8) is 0 Å². The number of carboxylic acids is 1. The van der Waals surface area contributed by atoms with Gasteiger partial charge in [0.25, 0.3) is 16.7 Å². The number of alkyl carbamates (subject to hydrolysis) is 3. The molecule has 0 fully saturated rings. The number of carbonyl (C=O) groups excluding carboxylic acids is 8. The van der Waals surface area contributed by atoms with Crippen molar-refractivity contribution in [2.24, 2.45) is 22.7 Å². The monoisotopic (exact) mass is 2080 g/mol. The highest BCUT2D eigenvalue weighted by molar-refractivity contribution is 6.76. The fourth-order valence-electron chi connectivity index (χ4n) is 14.1. The van der Waals surface area contributed by atoms with E-state index in [-0.39, 0.29) is 125 Å². The first-order valence-corrected chi connectivity index (χ1v) is 53.9. The number of anilines is 1. The van der Waals surface area contributed by atoms with Gasteiger partial charge in [-0.1, -0.05) is 133 Å². The maximum absolute atomic E-state index is 13.7. The lowest BCUT2D eigenvalue weighted by molar-refractivity contribution is -0.169. The fourth-order valence-corrected chi connectivity index (χ4v) is 15.7. The van der Waals surface area contributed by atoms with Crippen LogP contribution in [0.4, 0.5) is 69.7 Å². The summed E-state index contributed by atoms with van der Waals surface area (Å²) in [4.78, 5) is 164. The number of alkyl halides is 10. The topological polar surface area (TPSA) is 406 Å². The van der Waals surface area contributed by atoms with Crippen LogP contribution >= 0.6 is 0 Å². The summed E-state index contributed by atoms with van der Waals surface area (Å²) < 4.78 is 168. The van der Waals surface area contributed by atoms with Gasteiger partial charge >= 0.3 is 42.8 Å². The summed E-state index contributed by atoms with van der Waals surface area (Å²) in [6.07, 6.45) is -0.995. The first-order valence-electron chi connectivity index (χ1n) is 47.2. The van der Waals surface area contributed by atoms with Crippen LogP contribution in [0.3, 0.4) is 0 Å². The van der Waals surface area contributed by atoms with Crippen LogP contribution in [0.25, 0.3) is 22.1 Å². The van der Waals surface area contributed by atoms with E-state index in [9.17, 15) is 101 Å². The third kappa shape index (κ3) is 40.4. The van der Waals surface area contributed by atoms with Gasteiger partial charge in [-0.2, -0.15) is 39.5 Å². The van der Waals surface area contributed by atoms with Crippen molar-refractivity contribution in [2.75, 3.05) is 89.7 Å². The number of imidazole rings is 2. The van der Waals surface area contributed by atoms with Crippen molar-refractivity contribution in [2.45, 2.75) is 219 Å². The molecule has 0 saturated carbocycles. The zero-order chi connectivity index (χ0) is 109. The molecule has 3 aromatic carbocycles. The smallest absolute Gasteiger partial charge is 0.407 e. The number of para-hydroxylation sites is 3. The SMILES string of the molecule is CC(Cc1cccc2c1nc(Cn1cccc(N)c1=O)n2COCC[Si](C)(C)C)C(F)(F)F.COC(=O)N[C@@H](CC/C=C/C(=O)N(C)C)C(=O)Cc1cccn(CC2=Nc3c(cccc3CC(C)C(F)(F)F)C2)c1=O.COC(=O)N[C@@H](CC/C=C/C(=O)N(C)C)C(=O)Cc1cccn(Cc2nc3c(CC(C)C(F)(F)F)cccc3n2COCC[Si](C)(C)C)c1=O.COC(=O)N[C@@H](CC/C=C/C(=O)N(C)C)C(=O)O.[2H]CF. The highest BCUT2D eigenvalue weighted by Crippen LogP contribution is 2.38. The maximum Gasteiger partial charge on any atom is 0.407 e. The Morgan fingerprint density at radius 1 is 0.490 bits per heavy atom. The average Bonchev–Trinajstić information content (AvgIpc) is 1.63. The Bertz CT molecular complexity index is 6040. The van der Waals surface area contributed by atoms with E-state index in [1.54, 1.807) is 144 Å². The number of amides is 6. The molecule has 9 rings (SSSR count). The second-order valence-corrected chi connectivity index (χ2v) is 48.8. The molecule has 0 saturated heterocycles. The number of aromatic nitrogens is 7. The molecule has 5 aromatic heterocycles. The molecule has 0 radical (unpaired) electrons. The number of nitrogens with zero attached hydrogens (tertiary/aromatic N) is 11. The summed E-state index contributed by atoms with van der Waals surface area (Å²) >= 11 is 0. The minimum atomic E-state index is -4.37. The van der Waals surface area contributed by atoms with Crippen molar-refractivity contribution >= 4 is 109 Å². The number of ketones is 2. The van der Waals surface area contributed by atoms with E-state index in [4.69, 9.17) is 26.7 Å². The zero-order valence-corrected chi connectivity index (χ0v) is 87.0. The quantitative estimate of drug-likeness (QED) is 0.00778. The van der Waals surface area contributed by atoms with Crippen LogP contribution in [0.5, 0.6) is 0 Å². The number of fused-ring (bicyclic) bond motifs is 3. The van der Waals surface area contributed by atoms with Gasteiger partial charge in [-0.25, -0.2) is 29.1 Å². The number of nitrogens with one attached hydrogen (secondary N) is 3. The lowest BCUT2D eigenvalue weighted by atomic mass is 9.97. The van der Waals surface area contributed by atoms with Gasteiger partial charge in [0.15, 0.2) is 11.6 Å². The number of aliphatic carboxylic acids is 1. The number of Topliss-reactive ketones (excluding diaryl/α,β-unsaturated/α-hetero) is 2. The summed E-state index contributed by atoms with van der Waals surface area (Å²) in [7, 11) is 9.50. The Morgan fingerprint density at radius 2 is 0.821 bits per heavy atom. The molecule has 45 heteroatoms. The van der Waals surface area contributed by atoms with E-state index in [1.165, 1.54) is 86.0 Å². The number of aliphatic imine (C=N–C) groups is 1. The molecule has 3 unspecified atom stereocenters. The Hall–Kier alpha value is -13.2. The second-order valence-electron chi connectivity index (χ2n) is 37.6. The number of allylic oxidation sites excluding steroid dienone is 3. The predicted molar refractivity (Wildman–Crippen MR) is 538 cm³/mol. The van der Waals surface area contributed by atoms with Gasteiger partial charge in [0.05, 0.1) is 113 Å². The van der Waals surface area contributed by atoms with Crippen LogP contribution in [-0.4, -0.2) is 249 Å². The number of pyridine rings is 3. The highest BCUT2D eigenvalue weighted by Gasteiger charge is 2.40. The third-order valence-corrected chi connectivity index (χ3v) is 26.3. The van der Waals surface area contributed by atoms with Crippen molar-refractivity contribution in [1.82, 2.24) is 63.5 Å². The van der Waals surface area contributed by atoms with E-state index in [1.807, 2.05) is 16.7 Å². The number of nitrogen functional groups attached to an aromatic ring is 1. The summed E-state index contributed by atoms with van der Waals surface area (Å²) in [6, 6.07) is 23.9. The van der Waals surface area contributed by atoms with Crippen LogP contribution in [0.1, 0.15) is 106 Å².